The Balaban J connectivity index is 1.57. The Bertz CT molecular complexity index is 917. The molecule has 130 valence electrons. The van der Waals surface area contributed by atoms with Gasteiger partial charge in [-0.15, -0.1) is 22.7 Å². The van der Waals surface area contributed by atoms with Gasteiger partial charge in [0.15, 0.2) is 5.13 Å². The number of benzene rings is 1. The van der Waals surface area contributed by atoms with E-state index in [1.54, 1.807) is 22.7 Å². The summed E-state index contributed by atoms with van der Waals surface area (Å²) >= 11 is 3.28. The van der Waals surface area contributed by atoms with Gasteiger partial charge >= 0.3 is 0 Å². The highest BCUT2D eigenvalue weighted by molar-refractivity contribution is 7.16. The number of hydrogen-bond donors (Lipinski definition) is 1. The number of aryl methyl sites for hydroxylation is 1. The standard InChI is InChI=1S/C18H20N4OS2/c1-11(13-5-6-16-15(8-13)19-10-24-16)22-7-3-4-14-17(9-22)25-18(21-14)20-12(2)23/h5-6,8,10-11H,3-4,7,9H2,1-2H3,(H,20,21,23). The molecule has 0 bridgehead atoms. The maximum absolute atomic E-state index is 11.3. The zero-order valence-electron chi connectivity index (χ0n) is 14.3. The lowest BCUT2D eigenvalue weighted by Gasteiger charge is -2.27. The van der Waals surface area contributed by atoms with Crippen molar-refractivity contribution in [3.63, 3.8) is 0 Å². The zero-order chi connectivity index (χ0) is 17.4. The number of rotatable bonds is 3. The fraction of sp³-hybridized carbons (Fsp3) is 0.389. The number of carbonyl (C=O) groups excluding carboxylic acids is 1. The van der Waals surface area contributed by atoms with Crippen LogP contribution in [0.5, 0.6) is 0 Å². The molecule has 25 heavy (non-hydrogen) atoms. The Kier molecular flexibility index (Phi) is 4.54. The van der Waals surface area contributed by atoms with Gasteiger partial charge in [0.2, 0.25) is 5.91 Å². The number of anilines is 1. The molecule has 4 rings (SSSR count). The van der Waals surface area contributed by atoms with E-state index in [1.807, 2.05) is 5.51 Å². The Labute approximate surface area is 154 Å². The maximum Gasteiger partial charge on any atom is 0.223 e. The van der Waals surface area contributed by atoms with Gasteiger partial charge in [-0.05, 0) is 44.0 Å². The molecule has 3 heterocycles. The second-order valence-electron chi connectivity index (χ2n) is 6.40. The van der Waals surface area contributed by atoms with Crippen LogP contribution in [0.2, 0.25) is 0 Å². The second kappa shape index (κ2) is 6.82. The fourth-order valence-corrected chi connectivity index (χ4v) is 5.03. The SMILES string of the molecule is CC(=O)Nc1nc2c(s1)CN(C(C)c1ccc3scnc3c1)CCC2. The molecule has 1 aromatic carbocycles. The van der Waals surface area contributed by atoms with Crippen molar-refractivity contribution in [1.82, 2.24) is 14.9 Å². The summed E-state index contributed by atoms with van der Waals surface area (Å²) in [6.07, 6.45) is 2.05. The number of nitrogens with one attached hydrogen (secondary N) is 1. The average Bonchev–Trinajstić information content (AvgIpc) is 3.14. The largest absolute Gasteiger partial charge is 0.302 e. The summed E-state index contributed by atoms with van der Waals surface area (Å²) in [5.41, 5.74) is 5.42. The summed E-state index contributed by atoms with van der Waals surface area (Å²) < 4.78 is 1.23. The van der Waals surface area contributed by atoms with Crippen LogP contribution in [0.4, 0.5) is 5.13 Å². The lowest BCUT2D eigenvalue weighted by atomic mass is 10.1. The highest BCUT2D eigenvalue weighted by Crippen LogP contribution is 2.33. The first-order chi connectivity index (χ1) is 12.1. The van der Waals surface area contributed by atoms with Crippen LogP contribution in [0.3, 0.4) is 0 Å². The van der Waals surface area contributed by atoms with Crippen LogP contribution in [-0.2, 0) is 17.8 Å². The van der Waals surface area contributed by atoms with Crippen LogP contribution in [-0.4, -0.2) is 27.3 Å². The summed E-state index contributed by atoms with van der Waals surface area (Å²) in [6.45, 7) is 5.71. The number of nitrogens with zero attached hydrogens (tertiary/aromatic N) is 3. The minimum atomic E-state index is -0.0642. The van der Waals surface area contributed by atoms with Crippen molar-refractivity contribution in [3.8, 4) is 0 Å². The van der Waals surface area contributed by atoms with Crippen LogP contribution in [0, 0.1) is 0 Å². The summed E-state index contributed by atoms with van der Waals surface area (Å²) in [5, 5.41) is 3.54. The molecule has 1 unspecified atom stereocenters. The number of hydrogen-bond acceptors (Lipinski definition) is 6. The van der Waals surface area contributed by atoms with Crippen molar-refractivity contribution < 1.29 is 4.79 Å². The van der Waals surface area contributed by atoms with Crippen molar-refractivity contribution in [2.75, 3.05) is 11.9 Å². The molecule has 1 atom stereocenters. The van der Waals surface area contributed by atoms with E-state index in [0.717, 1.165) is 42.3 Å². The van der Waals surface area contributed by atoms with Gasteiger partial charge in [0.05, 0.1) is 21.4 Å². The summed E-state index contributed by atoms with van der Waals surface area (Å²) in [4.78, 5) is 24.1. The normalized spacial score (nSPS) is 16.4. The van der Waals surface area contributed by atoms with Gasteiger partial charge < -0.3 is 5.32 Å². The van der Waals surface area contributed by atoms with Gasteiger partial charge in [-0.25, -0.2) is 9.97 Å². The predicted octanol–water partition coefficient (Wildman–Crippen LogP) is 4.22. The fourth-order valence-electron chi connectivity index (χ4n) is 3.30. The Morgan fingerprint density at radius 2 is 2.28 bits per heavy atom. The number of amides is 1. The molecule has 0 spiro atoms. The van der Waals surface area contributed by atoms with Crippen LogP contribution in [0.15, 0.2) is 23.7 Å². The maximum atomic E-state index is 11.3. The molecule has 2 aromatic heterocycles. The molecule has 1 aliphatic heterocycles. The van der Waals surface area contributed by atoms with Gasteiger partial charge in [0.1, 0.15) is 0 Å². The third-order valence-electron chi connectivity index (χ3n) is 4.65. The lowest BCUT2D eigenvalue weighted by Crippen LogP contribution is -2.26. The molecule has 5 nitrogen and oxygen atoms in total. The monoisotopic (exact) mass is 372 g/mol. The second-order valence-corrected chi connectivity index (χ2v) is 8.37. The van der Waals surface area contributed by atoms with E-state index in [9.17, 15) is 4.79 Å². The van der Waals surface area contributed by atoms with Crippen molar-refractivity contribution in [1.29, 1.82) is 0 Å². The Morgan fingerprint density at radius 1 is 1.40 bits per heavy atom. The van der Waals surface area contributed by atoms with E-state index in [2.05, 4.69) is 45.3 Å². The highest BCUT2D eigenvalue weighted by Gasteiger charge is 2.23. The van der Waals surface area contributed by atoms with E-state index in [-0.39, 0.29) is 5.91 Å². The van der Waals surface area contributed by atoms with Gasteiger partial charge in [-0.1, -0.05) is 6.07 Å². The van der Waals surface area contributed by atoms with Crippen LogP contribution >= 0.6 is 22.7 Å². The van der Waals surface area contributed by atoms with E-state index >= 15 is 0 Å². The highest BCUT2D eigenvalue weighted by atomic mass is 32.1. The quantitative estimate of drug-likeness (QED) is 0.748. The molecular weight excluding hydrogens is 352 g/mol. The zero-order valence-corrected chi connectivity index (χ0v) is 15.9. The van der Waals surface area contributed by atoms with E-state index in [1.165, 1.54) is 22.1 Å². The molecular formula is C18H20N4OS2. The Morgan fingerprint density at radius 3 is 3.12 bits per heavy atom. The lowest BCUT2D eigenvalue weighted by molar-refractivity contribution is -0.114. The summed E-state index contributed by atoms with van der Waals surface area (Å²) in [7, 11) is 0. The van der Waals surface area contributed by atoms with Gasteiger partial charge in [-0.2, -0.15) is 0 Å². The third-order valence-corrected chi connectivity index (χ3v) is 6.46. The van der Waals surface area contributed by atoms with Gasteiger partial charge in [0, 0.05) is 24.4 Å². The van der Waals surface area contributed by atoms with Crippen LogP contribution in [0.25, 0.3) is 10.2 Å². The molecule has 7 heteroatoms. The average molecular weight is 373 g/mol. The first-order valence-electron chi connectivity index (χ1n) is 8.43. The van der Waals surface area contributed by atoms with Crippen molar-refractivity contribution in [2.24, 2.45) is 0 Å². The minimum Gasteiger partial charge on any atom is -0.302 e. The Hall–Kier alpha value is -1.83. The smallest absolute Gasteiger partial charge is 0.223 e. The molecule has 0 aliphatic carbocycles. The van der Waals surface area contributed by atoms with Crippen LogP contribution < -0.4 is 5.32 Å². The molecule has 1 N–H and O–H groups in total. The molecule has 0 saturated carbocycles. The van der Waals surface area contributed by atoms with Crippen molar-refractivity contribution in [3.05, 3.63) is 39.8 Å². The number of aromatic nitrogens is 2. The number of carbonyl (C=O) groups is 1. The molecule has 3 aromatic rings. The molecule has 0 saturated heterocycles. The number of fused-ring (bicyclic) bond motifs is 2. The van der Waals surface area contributed by atoms with Crippen molar-refractivity contribution in [2.45, 2.75) is 39.3 Å². The van der Waals surface area contributed by atoms with Crippen molar-refractivity contribution >= 4 is 43.9 Å². The molecule has 1 aliphatic rings. The van der Waals surface area contributed by atoms with Gasteiger partial charge in [-0.3, -0.25) is 9.69 Å². The summed E-state index contributed by atoms with van der Waals surface area (Å²) in [6, 6.07) is 6.91. The summed E-state index contributed by atoms with van der Waals surface area (Å²) in [5.74, 6) is -0.0642. The molecule has 1 amide bonds. The first-order valence-corrected chi connectivity index (χ1v) is 10.1. The first kappa shape index (κ1) is 16.6. The minimum absolute atomic E-state index is 0.0642. The van der Waals surface area contributed by atoms with Gasteiger partial charge in [0.25, 0.3) is 0 Å². The third kappa shape index (κ3) is 3.44. The molecule has 0 radical (unpaired) electrons. The van der Waals surface area contributed by atoms with Crippen LogP contribution in [0.1, 0.15) is 42.4 Å². The topological polar surface area (TPSA) is 58.1 Å². The van der Waals surface area contributed by atoms with E-state index in [0.29, 0.717) is 6.04 Å². The van der Waals surface area contributed by atoms with E-state index < -0.39 is 0 Å². The predicted molar refractivity (Wildman–Crippen MR) is 103 cm³/mol. The van der Waals surface area contributed by atoms with E-state index in [4.69, 9.17) is 0 Å². The molecule has 0 fully saturated rings. The number of thiazole rings is 2.